The van der Waals surface area contributed by atoms with E-state index in [-0.39, 0.29) is 0 Å². The highest BCUT2D eigenvalue weighted by Crippen LogP contribution is 2.41. The third-order valence-electron chi connectivity index (χ3n) is 6.12. The van der Waals surface area contributed by atoms with E-state index in [0.717, 1.165) is 11.5 Å². The van der Waals surface area contributed by atoms with Gasteiger partial charge in [-0.15, -0.1) is 22.7 Å². The number of hydrogen-bond donors (Lipinski definition) is 0. The lowest BCUT2D eigenvalue weighted by molar-refractivity contribution is 0.415. The molecule has 166 valence electrons. The van der Waals surface area contributed by atoms with Crippen molar-refractivity contribution >= 4 is 44.2 Å². The Hall–Kier alpha value is -3.60. The van der Waals surface area contributed by atoms with E-state index >= 15 is 0 Å². The highest BCUT2D eigenvalue weighted by atomic mass is 32.1. The Morgan fingerprint density at radius 1 is 0.412 bits per heavy atom. The minimum atomic E-state index is 0.887. The number of fused-ring (bicyclic) bond motifs is 2. The fraction of sp³-hybridized carbons (Fsp3) is 0.0667. The van der Waals surface area contributed by atoms with Crippen molar-refractivity contribution < 1.29 is 9.47 Å². The van der Waals surface area contributed by atoms with Crippen LogP contribution in [0.2, 0.25) is 0 Å². The molecular weight excluding hydrogens is 456 g/mol. The van der Waals surface area contributed by atoms with E-state index in [1.807, 2.05) is 34.8 Å². The van der Waals surface area contributed by atoms with Crippen LogP contribution in [0.15, 0.2) is 97.1 Å². The molecule has 0 N–H and O–H groups in total. The van der Waals surface area contributed by atoms with Gasteiger partial charge < -0.3 is 9.47 Å². The van der Waals surface area contributed by atoms with Crippen molar-refractivity contribution in [2.45, 2.75) is 0 Å². The summed E-state index contributed by atoms with van der Waals surface area (Å²) in [5.74, 6) is 1.77. The zero-order chi connectivity index (χ0) is 23.1. The van der Waals surface area contributed by atoms with Crippen LogP contribution in [0, 0.1) is 0 Å². The second kappa shape index (κ2) is 8.64. The molecule has 0 saturated carbocycles. The summed E-state index contributed by atoms with van der Waals surface area (Å²) in [6.07, 6.45) is 0. The molecule has 0 bridgehead atoms. The fourth-order valence-corrected chi connectivity index (χ4v) is 6.35. The summed E-state index contributed by atoms with van der Waals surface area (Å²) in [6.45, 7) is 0. The molecule has 0 atom stereocenters. The number of rotatable bonds is 5. The zero-order valence-corrected chi connectivity index (χ0v) is 20.5. The lowest BCUT2D eigenvalue weighted by Crippen LogP contribution is -1.82. The first-order valence-electron chi connectivity index (χ1n) is 11.1. The van der Waals surface area contributed by atoms with Crippen molar-refractivity contribution in [2.75, 3.05) is 14.2 Å². The van der Waals surface area contributed by atoms with Gasteiger partial charge in [-0.2, -0.15) is 0 Å². The van der Waals surface area contributed by atoms with E-state index < -0.39 is 0 Å². The summed E-state index contributed by atoms with van der Waals surface area (Å²) < 4.78 is 10.7. The predicted octanol–water partition coefficient (Wildman–Crippen LogP) is 9.13. The van der Waals surface area contributed by atoms with Crippen molar-refractivity contribution in [1.29, 1.82) is 0 Å². The van der Waals surface area contributed by atoms with Crippen LogP contribution in [0.1, 0.15) is 0 Å². The quantitative estimate of drug-likeness (QED) is 0.246. The van der Waals surface area contributed by atoms with Gasteiger partial charge in [-0.1, -0.05) is 36.4 Å². The Labute approximate surface area is 206 Å². The largest absolute Gasteiger partial charge is 0.497 e. The van der Waals surface area contributed by atoms with Gasteiger partial charge in [0.05, 0.1) is 14.2 Å². The van der Waals surface area contributed by atoms with Crippen molar-refractivity contribution in [1.82, 2.24) is 0 Å². The molecule has 2 heterocycles. The lowest BCUT2D eigenvalue weighted by atomic mass is 10.1. The molecule has 4 heteroatoms. The number of thiophene rings is 2. The van der Waals surface area contributed by atoms with E-state index in [1.54, 1.807) is 14.2 Å². The van der Waals surface area contributed by atoms with Crippen molar-refractivity contribution in [3.8, 4) is 42.1 Å². The Morgan fingerprint density at radius 3 is 1.24 bits per heavy atom. The SMILES string of the molecule is COc1ccc2cc(-c3ccc(-c4ccc(-c5ccc6cc(OC)ccc6c5)s4)s3)ccc2c1. The fourth-order valence-electron chi connectivity index (χ4n) is 4.26. The van der Waals surface area contributed by atoms with E-state index in [9.17, 15) is 0 Å². The normalized spacial score (nSPS) is 11.2. The molecule has 0 saturated heterocycles. The molecular formula is C30H22O2S2. The van der Waals surface area contributed by atoms with Gasteiger partial charge in [0.15, 0.2) is 0 Å². The standard InChI is InChI=1S/C30H22O2S2/c1-31-25-9-7-19-15-23(5-3-21(19)17-25)27-11-13-29(33-27)30-14-12-28(34-30)24-6-4-22-18-26(32-2)10-8-20(22)16-24/h3-18H,1-2H3. The molecule has 0 fully saturated rings. The van der Waals surface area contributed by atoms with E-state index in [1.165, 1.54) is 52.2 Å². The minimum Gasteiger partial charge on any atom is -0.497 e. The van der Waals surface area contributed by atoms with Crippen molar-refractivity contribution in [3.05, 3.63) is 97.1 Å². The summed E-state index contributed by atoms with van der Waals surface area (Å²) in [6, 6.07) is 34.6. The number of hydrogen-bond acceptors (Lipinski definition) is 4. The number of benzene rings is 4. The first-order chi connectivity index (χ1) is 16.7. The van der Waals surface area contributed by atoms with Gasteiger partial charge in [0, 0.05) is 19.5 Å². The average molecular weight is 479 g/mol. The van der Waals surface area contributed by atoms with Gasteiger partial charge in [0.25, 0.3) is 0 Å². The van der Waals surface area contributed by atoms with Crippen LogP contribution in [0.4, 0.5) is 0 Å². The molecule has 0 radical (unpaired) electrons. The molecule has 0 aliphatic rings. The Bertz CT molecular complexity index is 1520. The van der Waals surface area contributed by atoms with Crippen LogP contribution in [-0.4, -0.2) is 14.2 Å². The number of ether oxygens (including phenoxy) is 2. The number of methoxy groups -OCH3 is 2. The lowest BCUT2D eigenvalue weighted by Gasteiger charge is -2.05. The predicted molar refractivity (Wildman–Crippen MR) is 147 cm³/mol. The highest BCUT2D eigenvalue weighted by Gasteiger charge is 2.10. The Balaban J connectivity index is 1.29. The smallest absolute Gasteiger partial charge is 0.119 e. The average Bonchev–Trinajstić information content (AvgIpc) is 3.58. The van der Waals surface area contributed by atoms with E-state index in [4.69, 9.17) is 9.47 Å². The van der Waals surface area contributed by atoms with Crippen LogP contribution >= 0.6 is 22.7 Å². The van der Waals surface area contributed by atoms with Gasteiger partial charge in [-0.25, -0.2) is 0 Å². The molecule has 6 rings (SSSR count). The summed E-state index contributed by atoms with van der Waals surface area (Å²) in [5, 5.41) is 4.83. The zero-order valence-electron chi connectivity index (χ0n) is 18.9. The first kappa shape index (κ1) is 21.0. The van der Waals surface area contributed by atoms with Crippen LogP contribution in [-0.2, 0) is 0 Å². The molecule has 0 spiro atoms. The third kappa shape index (κ3) is 3.85. The van der Waals surface area contributed by atoms with Crippen LogP contribution in [0.25, 0.3) is 52.2 Å². The summed E-state index contributed by atoms with van der Waals surface area (Å²) in [5.41, 5.74) is 2.49. The van der Waals surface area contributed by atoms with Crippen molar-refractivity contribution in [2.24, 2.45) is 0 Å². The van der Waals surface area contributed by atoms with E-state index in [2.05, 4.69) is 84.9 Å². The first-order valence-corrected chi connectivity index (χ1v) is 12.7. The topological polar surface area (TPSA) is 18.5 Å². The summed E-state index contributed by atoms with van der Waals surface area (Å²) in [4.78, 5) is 5.16. The van der Waals surface area contributed by atoms with Gasteiger partial charge >= 0.3 is 0 Å². The van der Waals surface area contributed by atoms with Crippen molar-refractivity contribution in [3.63, 3.8) is 0 Å². The molecule has 34 heavy (non-hydrogen) atoms. The Kier molecular flexibility index (Phi) is 5.33. The minimum absolute atomic E-state index is 0.887. The molecule has 0 aliphatic carbocycles. The molecule has 0 amide bonds. The molecule has 0 aliphatic heterocycles. The maximum absolute atomic E-state index is 5.35. The molecule has 4 aromatic carbocycles. The van der Waals surface area contributed by atoms with Gasteiger partial charge in [0.2, 0.25) is 0 Å². The summed E-state index contributed by atoms with van der Waals surface area (Å²) >= 11 is 3.68. The molecule has 2 aromatic heterocycles. The third-order valence-corrected chi connectivity index (χ3v) is 8.58. The van der Waals surface area contributed by atoms with Crippen LogP contribution in [0.5, 0.6) is 11.5 Å². The summed E-state index contributed by atoms with van der Waals surface area (Å²) in [7, 11) is 3.41. The molecule has 0 unspecified atom stereocenters. The maximum atomic E-state index is 5.35. The maximum Gasteiger partial charge on any atom is 0.119 e. The van der Waals surface area contributed by atoms with Gasteiger partial charge in [0.1, 0.15) is 11.5 Å². The van der Waals surface area contributed by atoms with Crippen LogP contribution in [0.3, 0.4) is 0 Å². The highest BCUT2D eigenvalue weighted by molar-refractivity contribution is 7.25. The van der Waals surface area contributed by atoms with Gasteiger partial charge in [-0.05, 0) is 93.3 Å². The monoisotopic (exact) mass is 478 g/mol. The second-order valence-corrected chi connectivity index (χ2v) is 10.4. The molecule has 2 nitrogen and oxygen atoms in total. The second-order valence-electron chi connectivity index (χ2n) is 8.18. The van der Waals surface area contributed by atoms with Gasteiger partial charge in [-0.3, -0.25) is 0 Å². The van der Waals surface area contributed by atoms with E-state index in [0.29, 0.717) is 0 Å². The molecule has 6 aromatic rings. The van der Waals surface area contributed by atoms with Crippen LogP contribution < -0.4 is 9.47 Å². The Morgan fingerprint density at radius 2 is 0.794 bits per heavy atom.